The van der Waals surface area contributed by atoms with Gasteiger partial charge >= 0.3 is 0 Å². The Hall–Kier alpha value is -0.280. The molecule has 1 saturated carbocycles. The fourth-order valence-corrected chi connectivity index (χ4v) is 3.22. The maximum Gasteiger partial charge on any atom is 0.0802 e. The van der Waals surface area contributed by atoms with E-state index in [0.717, 1.165) is 18.5 Å². The summed E-state index contributed by atoms with van der Waals surface area (Å²) < 4.78 is 0. The van der Waals surface area contributed by atoms with Crippen molar-refractivity contribution in [3.8, 4) is 0 Å². The standard InChI is InChI=1S/C16H23Cl2NO/c1-19(13-5-3-2-4-6-13)10-9-16(20)12-7-8-14(17)15(18)11-12/h7-8,11,13,16,20H,2-6,9-10H2,1H3. The van der Waals surface area contributed by atoms with E-state index in [4.69, 9.17) is 23.2 Å². The molecule has 1 aliphatic carbocycles. The molecule has 4 heteroatoms. The van der Waals surface area contributed by atoms with Crippen molar-refractivity contribution >= 4 is 23.2 Å². The average Bonchev–Trinajstić information content (AvgIpc) is 2.48. The normalized spacial score (nSPS) is 18.4. The van der Waals surface area contributed by atoms with E-state index < -0.39 is 6.10 Å². The lowest BCUT2D eigenvalue weighted by atomic mass is 9.94. The lowest BCUT2D eigenvalue weighted by molar-refractivity contribution is 0.125. The molecule has 0 amide bonds. The number of hydrogen-bond acceptors (Lipinski definition) is 2. The first-order valence-corrected chi connectivity index (χ1v) is 8.17. The van der Waals surface area contributed by atoms with Crippen LogP contribution >= 0.6 is 23.2 Å². The molecule has 0 bridgehead atoms. The van der Waals surface area contributed by atoms with E-state index in [1.54, 1.807) is 12.1 Å². The second-order valence-electron chi connectivity index (χ2n) is 5.75. The number of benzene rings is 1. The predicted octanol–water partition coefficient (Wildman–Crippen LogP) is 4.68. The molecule has 0 saturated heterocycles. The van der Waals surface area contributed by atoms with Gasteiger partial charge in [-0.25, -0.2) is 0 Å². The number of rotatable bonds is 5. The van der Waals surface area contributed by atoms with Crippen LogP contribution in [-0.4, -0.2) is 29.6 Å². The first-order chi connectivity index (χ1) is 9.58. The Morgan fingerprint density at radius 2 is 1.90 bits per heavy atom. The van der Waals surface area contributed by atoms with Crippen LogP contribution in [0.1, 0.15) is 50.2 Å². The zero-order chi connectivity index (χ0) is 14.5. The van der Waals surface area contributed by atoms with Crippen molar-refractivity contribution in [1.82, 2.24) is 4.90 Å². The first kappa shape index (κ1) is 16.1. The molecule has 0 radical (unpaired) electrons. The van der Waals surface area contributed by atoms with Gasteiger partial charge in [-0.2, -0.15) is 0 Å². The number of hydrogen-bond donors (Lipinski definition) is 1. The Balaban J connectivity index is 1.84. The van der Waals surface area contributed by atoms with Crippen LogP contribution < -0.4 is 0 Å². The summed E-state index contributed by atoms with van der Waals surface area (Å²) in [5.74, 6) is 0. The highest BCUT2D eigenvalue weighted by Crippen LogP contribution is 2.27. The van der Waals surface area contributed by atoms with Crippen LogP contribution in [-0.2, 0) is 0 Å². The van der Waals surface area contributed by atoms with E-state index in [0.29, 0.717) is 16.1 Å². The Bertz CT molecular complexity index is 432. The minimum absolute atomic E-state index is 0.476. The van der Waals surface area contributed by atoms with Gasteiger partial charge in [0.25, 0.3) is 0 Å². The monoisotopic (exact) mass is 315 g/mol. The second kappa shape index (κ2) is 7.65. The molecule has 1 aromatic rings. The second-order valence-corrected chi connectivity index (χ2v) is 6.56. The smallest absolute Gasteiger partial charge is 0.0802 e. The van der Waals surface area contributed by atoms with Crippen molar-refractivity contribution in [2.24, 2.45) is 0 Å². The minimum atomic E-state index is -0.476. The van der Waals surface area contributed by atoms with Crippen LogP contribution in [0.3, 0.4) is 0 Å². The summed E-state index contributed by atoms with van der Waals surface area (Å²) in [7, 11) is 2.16. The van der Waals surface area contributed by atoms with Gasteiger partial charge in [-0.3, -0.25) is 0 Å². The lowest BCUT2D eigenvalue weighted by Crippen LogP contribution is -2.34. The highest BCUT2D eigenvalue weighted by molar-refractivity contribution is 6.42. The molecule has 20 heavy (non-hydrogen) atoms. The van der Waals surface area contributed by atoms with Gasteiger partial charge in [-0.05, 0) is 44.0 Å². The molecule has 2 rings (SSSR count). The van der Waals surface area contributed by atoms with Crippen LogP contribution in [0.25, 0.3) is 0 Å². The van der Waals surface area contributed by atoms with Crippen LogP contribution in [0.5, 0.6) is 0 Å². The van der Waals surface area contributed by atoms with Gasteiger partial charge in [0.15, 0.2) is 0 Å². The van der Waals surface area contributed by atoms with Crippen LogP contribution in [0, 0.1) is 0 Å². The van der Waals surface area contributed by atoms with E-state index in [1.165, 1.54) is 32.1 Å². The van der Waals surface area contributed by atoms with Crippen LogP contribution in [0.15, 0.2) is 18.2 Å². The summed E-state index contributed by atoms with van der Waals surface area (Å²) in [4.78, 5) is 2.39. The Labute approximate surface area is 131 Å². The Morgan fingerprint density at radius 1 is 1.20 bits per heavy atom. The Kier molecular flexibility index (Phi) is 6.16. The zero-order valence-electron chi connectivity index (χ0n) is 12.0. The summed E-state index contributed by atoms with van der Waals surface area (Å²) >= 11 is 11.9. The molecule has 1 atom stereocenters. The van der Waals surface area contributed by atoms with Gasteiger partial charge in [0.2, 0.25) is 0 Å². The Morgan fingerprint density at radius 3 is 2.55 bits per heavy atom. The highest BCUT2D eigenvalue weighted by Gasteiger charge is 2.19. The summed E-state index contributed by atoms with van der Waals surface area (Å²) in [6, 6.07) is 6.03. The maximum atomic E-state index is 10.3. The molecule has 1 unspecified atom stereocenters. The molecule has 2 nitrogen and oxygen atoms in total. The molecule has 1 aromatic carbocycles. The van der Waals surface area contributed by atoms with Gasteiger partial charge in [0.1, 0.15) is 0 Å². The molecule has 1 aliphatic rings. The first-order valence-electron chi connectivity index (χ1n) is 7.41. The number of aliphatic hydroxyl groups is 1. The maximum absolute atomic E-state index is 10.3. The van der Waals surface area contributed by atoms with E-state index in [9.17, 15) is 5.11 Å². The predicted molar refractivity (Wildman–Crippen MR) is 85.5 cm³/mol. The van der Waals surface area contributed by atoms with E-state index in [-0.39, 0.29) is 0 Å². The van der Waals surface area contributed by atoms with Gasteiger partial charge in [-0.15, -0.1) is 0 Å². The quantitative estimate of drug-likeness (QED) is 0.852. The minimum Gasteiger partial charge on any atom is -0.388 e. The van der Waals surface area contributed by atoms with Gasteiger partial charge in [0, 0.05) is 12.6 Å². The van der Waals surface area contributed by atoms with Crippen LogP contribution in [0.4, 0.5) is 0 Å². The summed E-state index contributed by atoms with van der Waals surface area (Å²) in [5.41, 5.74) is 0.844. The van der Waals surface area contributed by atoms with Gasteiger partial charge < -0.3 is 10.0 Å². The van der Waals surface area contributed by atoms with E-state index >= 15 is 0 Å². The molecular formula is C16H23Cl2NO. The molecule has 1 N–H and O–H groups in total. The average molecular weight is 316 g/mol. The summed E-state index contributed by atoms with van der Waals surface area (Å²) in [6.07, 6.45) is 6.88. The zero-order valence-corrected chi connectivity index (χ0v) is 13.5. The third-order valence-electron chi connectivity index (χ3n) is 4.28. The molecule has 1 fully saturated rings. The number of nitrogens with zero attached hydrogens (tertiary/aromatic N) is 1. The fourth-order valence-electron chi connectivity index (χ4n) is 2.92. The number of halogens is 2. The molecule has 0 aromatic heterocycles. The highest BCUT2D eigenvalue weighted by atomic mass is 35.5. The topological polar surface area (TPSA) is 23.5 Å². The summed E-state index contributed by atoms with van der Waals surface area (Å²) in [5, 5.41) is 11.3. The van der Waals surface area contributed by atoms with Crippen molar-refractivity contribution < 1.29 is 5.11 Å². The molecule has 0 aliphatic heterocycles. The molecule has 0 heterocycles. The van der Waals surface area contributed by atoms with E-state index in [2.05, 4.69) is 11.9 Å². The molecular weight excluding hydrogens is 293 g/mol. The molecule has 0 spiro atoms. The summed E-state index contributed by atoms with van der Waals surface area (Å²) in [6.45, 7) is 0.909. The van der Waals surface area contributed by atoms with Crippen molar-refractivity contribution in [3.63, 3.8) is 0 Å². The van der Waals surface area contributed by atoms with Crippen LogP contribution in [0.2, 0.25) is 10.0 Å². The fraction of sp³-hybridized carbons (Fsp3) is 0.625. The van der Waals surface area contributed by atoms with Gasteiger partial charge in [0.05, 0.1) is 16.1 Å². The van der Waals surface area contributed by atoms with Crippen molar-refractivity contribution in [2.75, 3.05) is 13.6 Å². The van der Waals surface area contributed by atoms with Gasteiger partial charge in [-0.1, -0.05) is 48.5 Å². The third-order valence-corrected chi connectivity index (χ3v) is 5.02. The SMILES string of the molecule is CN(CCC(O)c1ccc(Cl)c(Cl)c1)C1CCCCC1. The number of aliphatic hydroxyl groups excluding tert-OH is 1. The third kappa shape index (κ3) is 4.36. The largest absolute Gasteiger partial charge is 0.388 e. The molecule has 112 valence electrons. The van der Waals surface area contributed by atoms with Crippen molar-refractivity contribution in [2.45, 2.75) is 50.7 Å². The van der Waals surface area contributed by atoms with Crippen molar-refractivity contribution in [1.29, 1.82) is 0 Å². The van der Waals surface area contributed by atoms with Crippen molar-refractivity contribution in [3.05, 3.63) is 33.8 Å². The lowest BCUT2D eigenvalue weighted by Gasteiger charge is -2.31. The van der Waals surface area contributed by atoms with E-state index in [1.807, 2.05) is 6.07 Å².